The third-order valence-corrected chi connectivity index (χ3v) is 5.33. The van der Waals surface area contributed by atoms with Gasteiger partial charge in [0, 0.05) is 17.9 Å². The lowest BCUT2D eigenvalue weighted by Crippen LogP contribution is -2.20. The van der Waals surface area contributed by atoms with E-state index in [1.54, 1.807) is 11.3 Å². The zero-order valence-electron chi connectivity index (χ0n) is 9.59. The minimum Gasteiger partial charge on any atom is -0.329 e. The van der Waals surface area contributed by atoms with Crippen molar-refractivity contribution in [2.45, 2.75) is 43.4 Å². The van der Waals surface area contributed by atoms with E-state index in [-0.39, 0.29) is 5.41 Å². The zero-order valence-corrected chi connectivity index (χ0v) is 10.4. The molecule has 2 fully saturated rings. The van der Waals surface area contributed by atoms with Crippen molar-refractivity contribution in [2.24, 2.45) is 5.73 Å². The van der Waals surface area contributed by atoms with Crippen LogP contribution in [-0.4, -0.2) is 26.4 Å². The molecule has 17 heavy (non-hydrogen) atoms. The topological polar surface area (TPSA) is 69.1 Å². The van der Waals surface area contributed by atoms with E-state index in [0.717, 1.165) is 15.8 Å². The normalized spacial score (nSPS) is 22.9. The predicted octanol–water partition coefficient (Wildman–Crippen LogP) is 1.44. The van der Waals surface area contributed by atoms with Gasteiger partial charge in [0.25, 0.3) is 0 Å². The standard InChI is InChI=1S/C11H15N5S/c12-6-11(4-5-11)9-15-16-8(7-2-1-3-7)13-14-10(16)17-9/h7H,1-6,12H2. The summed E-state index contributed by atoms with van der Waals surface area (Å²) >= 11 is 1.66. The first-order chi connectivity index (χ1) is 8.32. The largest absolute Gasteiger partial charge is 0.329 e. The molecule has 0 unspecified atom stereocenters. The fourth-order valence-electron chi connectivity index (χ4n) is 2.42. The summed E-state index contributed by atoms with van der Waals surface area (Å²) in [5.74, 6) is 1.63. The Balaban J connectivity index is 1.79. The molecule has 0 atom stereocenters. The number of aromatic nitrogens is 4. The molecule has 2 aliphatic rings. The molecule has 5 nitrogen and oxygen atoms in total. The van der Waals surface area contributed by atoms with Crippen molar-refractivity contribution < 1.29 is 0 Å². The number of fused-ring (bicyclic) bond motifs is 1. The van der Waals surface area contributed by atoms with Crippen LogP contribution >= 0.6 is 11.3 Å². The highest BCUT2D eigenvalue weighted by atomic mass is 32.1. The summed E-state index contributed by atoms with van der Waals surface area (Å²) in [4.78, 5) is 0.932. The van der Waals surface area contributed by atoms with Gasteiger partial charge >= 0.3 is 0 Å². The Kier molecular flexibility index (Phi) is 1.91. The van der Waals surface area contributed by atoms with Crippen LogP contribution in [0.4, 0.5) is 0 Å². The van der Waals surface area contributed by atoms with Crippen LogP contribution in [0.5, 0.6) is 0 Å². The highest BCUT2D eigenvalue weighted by Gasteiger charge is 2.46. The van der Waals surface area contributed by atoms with E-state index in [9.17, 15) is 0 Å². The molecule has 2 N–H and O–H groups in total. The summed E-state index contributed by atoms with van der Waals surface area (Å²) in [5, 5.41) is 14.4. The number of nitrogens with zero attached hydrogens (tertiary/aromatic N) is 4. The third kappa shape index (κ3) is 1.31. The van der Waals surface area contributed by atoms with Crippen LogP contribution in [0, 0.1) is 0 Å². The van der Waals surface area contributed by atoms with Crippen LogP contribution in [0.3, 0.4) is 0 Å². The molecular formula is C11H15N5S. The molecule has 0 aromatic carbocycles. The van der Waals surface area contributed by atoms with Crippen molar-refractivity contribution in [3.63, 3.8) is 0 Å². The first-order valence-electron chi connectivity index (χ1n) is 6.25. The average molecular weight is 249 g/mol. The van der Waals surface area contributed by atoms with E-state index in [0.29, 0.717) is 12.5 Å². The molecule has 2 saturated carbocycles. The second kappa shape index (κ2) is 3.26. The lowest BCUT2D eigenvalue weighted by molar-refractivity contribution is 0.394. The van der Waals surface area contributed by atoms with Gasteiger partial charge in [-0.05, 0) is 25.7 Å². The lowest BCUT2D eigenvalue weighted by Gasteiger charge is -2.22. The Hall–Kier alpha value is -1.01. The van der Waals surface area contributed by atoms with Gasteiger partial charge in [-0.25, -0.2) is 0 Å². The molecule has 6 heteroatoms. The highest BCUT2D eigenvalue weighted by molar-refractivity contribution is 7.16. The Morgan fingerprint density at radius 1 is 1.35 bits per heavy atom. The predicted molar refractivity (Wildman–Crippen MR) is 65.2 cm³/mol. The molecule has 0 bridgehead atoms. The van der Waals surface area contributed by atoms with E-state index >= 15 is 0 Å². The molecular weight excluding hydrogens is 234 g/mol. The monoisotopic (exact) mass is 249 g/mol. The second-order valence-corrected chi connectivity index (χ2v) is 6.23. The molecule has 2 aromatic heterocycles. The van der Waals surface area contributed by atoms with Gasteiger partial charge in [-0.15, -0.1) is 10.2 Å². The maximum absolute atomic E-state index is 5.85. The van der Waals surface area contributed by atoms with Crippen LogP contribution in [0.2, 0.25) is 0 Å². The van der Waals surface area contributed by atoms with Gasteiger partial charge < -0.3 is 5.73 Å². The molecule has 0 spiro atoms. The SMILES string of the molecule is NCC1(c2nn3c(C4CCC4)nnc3s2)CC1. The van der Waals surface area contributed by atoms with Gasteiger partial charge in [0.2, 0.25) is 4.96 Å². The van der Waals surface area contributed by atoms with Crippen molar-refractivity contribution in [3.8, 4) is 0 Å². The van der Waals surface area contributed by atoms with E-state index in [2.05, 4.69) is 10.2 Å². The summed E-state index contributed by atoms with van der Waals surface area (Å²) < 4.78 is 1.96. The van der Waals surface area contributed by atoms with E-state index in [1.807, 2.05) is 4.52 Å². The van der Waals surface area contributed by atoms with Gasteiger partial charge in [0.1, 0.15) is 5.01 Å². The fraction of sp³-hybridized carbons (Fsp3) is 0.727. The van der Waals surface area contributed by atoms with Gasteiger partial charge in [-0.1, -0.05) is 17.8 Å². The van der Waals surface area contributed by atoms with Crippen LogP contribution < -0.4 is 5.73 Å². The molecule has 2 heterocycles. The molecule has 0 aliphatic heterocycles. The Bertz CT molecular complexity index is 563. The number of rotatable bonds is 3. The first-order valence-corrected chi connectivity index (χ1v) is 7.07. The van der Waals surface area contributed by atoms with Crippen molar-refractivity contribution in [1.82, 2.24) is 19.8 Å². The van der Waals surface area contributed by atoms with Crippen molar-refractivity contribution in [1.29, 1.82) is 0 Å². The van der Waals surface area contributed by atoms with Crippen molar-refractivity contribution in [3.05, 3.63) is 10.8 Å². The van der Waals surface area contributed by atoms with Crippen LogP contribution in [0.1, 0.15) is 48.9 Å². The Morgan fingerprint density at radius 3 is 2.76 bits per heavy atom. The van der Waals surface area contributed by atoms with Crippen LogP contribution in [-0.2, 0) is 5.41 Å². The van der Waals surface area contributed by atoms with E-state index < -0.39 is 0 Å². The lowest BCUT2D eigenvalue weighted by atomic mass is 9.85. The molecule has 0 saturated heterocycles. The molecule has 2 aromatic rings. The maximum Gasteiger partial charge on any atom is 0.234 e. The third-order valence-electron chi connectivity index (χ3n) is 4.18. The van der Waals surface area contributed by atoms with Gasteiger partial charge in [-0.2, -0.15) is 9.61 Å². The van der Waals surface area contributed by atoms with Crippen molar-refractivity contribution >= 4 is 16.3 Å². The van der Waals surface area contributed by atoms with Crippen LogP contribution in [0.15, 0.2) is 0 Å². The molecule has 0 amide bonds. The molecule has 0 radical (unpaired) electrons. The average Bonchev–Trinajstić information content (AvgIpc) is 2.81. The van der Waals surface area contributed by atoms with E-state index in [1.165, 1.54) is 32.1 Å². The summed E-state index contributed by atoms with van der Waals surface area (Å²) in [5.41, 5.74) is 6.02. The number of hydrogen-bond acceptors (Lipinski definition) is 5. The summed E-state index contributed by atoms with van der Waals surface area (Å²) in [6.07, 6.45) is 6.12. The highest BCUT2D eigenvalue weighted by Crippen LogP contribution is 2.48. The van der Waals surface area contributed by atoms with Gasteiger partial charge in [-0.3, -0.25) is 0 Å². The summed E-state index contributed by atoms with van der Waals surface area (Å²) in [6.45, 7) is 0.704. The minimum atomic E-state index is 0.169. The van der Waals surface area contributed by atoms with Gasteiger partial charge in [0.15, 0.2) is 5.82 Å². The molecule has 4 rings (SSSR count). The van der Waals surface area contributed by atoms with Gasteiger partial charge in [0.05, 0.1) is 0 Å². The molecule has 2 aliphatic carbocycles. The Labute approximate surface area is 103 Å². The summed E-state index contributed by atoms with van der Waals surface area (Å²) in [7, 11) is 0. The fourth-order valence-corrected chi connectivity index (χ4v) is 3.53. The Morgan fingerprint density at radius 2 is 2.18 bits per heavy atom. The number of hydrogen-bond donors (Lipinski definition) is 1. The maximum atomic E-state index is 5.85. The number of nitrogens with two attached hydrogens (primary N) is 1. The molecule has 90 valence electrons. The minimum absolute atomic E-state index is 0.169. The zero-order chi connectivity index (χ0) is 11.5. The van der Waals surface area contributed by atoms with Crippen molar-refractivity contribution in [2.75, 3.05) is 6.54 Å². The van der Waals surface area contributed by atoms with Crippen LogP contribution in [0.25, 0.3) is 4.96 Å². The first kappa shape index (κ1) is 9.96. The quantitative estimate of drug-likeness (QED) is 0.893. The second-order valence-electron chi connectivity index (χ2n) is 5.27. The van der Waals surface area contributed by atoms with E-state index in [4.69, 9.17) is 10.8 Å². The smallest absolute Gasteiger partial charge is 0.234 e. The summed E-state index contributed by atoms with van der Waals surface area (Å²) in [6, 6.07) is 0.